The van der Waals surface area contributed by atoms with Crippen LogP contribution in [0.5, 0.6) is 5.75 Å². The van der Waals surface area contributed by atoms with Crippen LogP contribution in [0.4, 0.5) is 5.69 Å². The highest BCUT2D eigenvalue weighted by atomic mass is 16.5. The normalized spacial score (nSPS) is 14.1. The zero-order chi connectivity index (χ0) is 16.5. The molecule has 126 valence electrons. The van der Waals surface area contributed by atoms with Crippen LogP contribution in [0, 0.1) is 0 Å². The maximum atomic E-state index is 11.9. The fourth-order valence-corrected chi connectivity index (χ4v) is 2.61. The Bertz CT molecular complexity index is 516. The van der Waals surface area contributed by atoms with Crippen LogP contribution in [0.25, 0.3) is 0 Å². The van der Waals surface area contributed by atoms with Crippen LogP contribution in [0.3, 0.4) is 0 Å². The highest BCUT2D eigenvalue weighted by molar-refractivity contribution is 5.91. The van der Waals surface area contributed by atoms with E-state index < -0.39 is 0 Å². The Balaban J connectivity index is 1.58. The van der Waals surface area contributed by atoms with E-state index in [9.17, 15) is 9.59 Å². The first-order valence-corrected chi connectivity index (χ1v) is 8.31. The largest absolute Gasteiger partial charge is 0.494 e. The lowest BCUT2D eigenvalue weighted by Gasteiger charge is -2.14. The summed E-state index contributed by atoms with van der Waals surface area (Å²) in [7, 11) is 0. The van der Waals surface area contributed by atoms with E-state index in [4.69, 9.17) is 4.74 Å². The van der Waals surface area contributed by atoms with Gasteiger partial charge in [-0.1, -0.05) is 0 Å². The van der Waals surface area contributed by atoms with Gasteiger partial charge in [-0.3, -0.25) is 9.59 Å². The van der Waals surface area contributed by atoms with Gasteiger partial charge in [0.25, 0.3) is 5.91 Å². The van der Waals surface area contributed by atoms with Crippen LogP contribution >= 0.6 is 0 Å². The molecule has 0 aromatic heterocycles. The van der Waals surface area contributed by atoms with E-state index >= 15 is 0 Å². The molecule has 1 saturated heterocycles. The first-order valence-electron chi connectivity index (χ1n) is 8.31. The molecule has 6 nitrogen and oxygen atoms in total. The summed E-state index contributed by atoms with van der Waals surface area (Å²) in [5.41, 5.74) is 0.773. The molecule has 1 fully saturated rings. The Kier molecular flexibility index (Phi) is 6.87. The fraction of sp³-hybridized carbons (Fsp3) is 0.529. The second-order valence-corrected chi connectivity index (χ2v) is 5.62. The van der Waals surface area contributed by atoms with E-state index in [1.807, 2.05) is 41.4 Å². The van der Waals surface area contributed by atoms with Gasteiger partial charge >= 0.3 is 0 Å². The lowest BCUT2D eigenvalue weighted by atomic mass is 10.3. The Labute approximate surface area is 137 Å². The maximum absolute atomic E-state index is 11.9. The van der Waals surface area contributed by atoms with Gasteiger partial charge < -0.3 is 20.3 Å². The van der Waals surface area contributed by atoms with Crippen molar-refractivity contribution >= 4 is 17.5 Å². The summed E-state index contributed by atoms with van der Waals surface area (Å²) >= 11 is 0. The van der Waals surface area contributed by atoms with Crippen molar-refractivity contribution in [2.24, 2.45) is 0 Å². The van der Waals surface area contributed by atoms with Crippen molar-refractivity contribution in [3.8, 4) is 5.75 Å². The molecular formula is C17H26N3O3+. The maximum Gasteiger partial charge on any atom is 0.279 e. The van der Waals surface area contributed by atoms with E-state index in [2.05, 4.69) is 5.32 Å². The molecule has 1 aromatic rings. The van der Waals surface area contributed by atoms with Crippen LogP contribution in [-0.4, -0.2) is 49.5 Å². The van der Waals surface area contributed by atoms with Gasteiger partial charge in [-0.15, -0.1) is 0 Å². The summed E-state index contributed by atoms with van der Waals surface area (Å²) in [5.74, 6) is 1.04. The van der Waals surface area contributed by atoms with Gasteiger partial charge in [0.05, 0.1) is 13.2 Å². The minimum absolute atomic E-state index is 0.0218. The third kappa shape index (κ3) is 5.90. The number of carbonyl (C=O) groups excluding carboxylic acids is 2. The molecule has 0 saturated carbocycles. The van der Waals surface area contributed by atoms with Crippen molar-refractivity contribution in [3.05, 3.63) is 24.3 Å². The summed E-state index contributed by atoms with van der Waals surface area (Å²) in [4.78, 5) is 25.2. The van der Waals surface area contributed by atoms with Crippen molar-refractivity contribution in [1.29, 1.82) is 0 Å². The summed E-state index contributed by atoms with van der Waals surface area (Å²) < 4.78 is 5.36. The summed E-state index contributed by atoms with van der Waals surface area (Å²) in [6.45, 7) is 5.49. The predicted octanol–water partition coefficient (Wildman–Crippen LogP) is 0.600. The molecule has 0 spiro atoms. The molecule has 2 rings (SSSR count). The predicted molar refractivity (Wildman–Crippen MR) is 88.3 cm³/mol. The van der Waals surface area contributed by atoms with Gasteiger partial charge in [0.2, 0.25) is 5.91 Å². The number of amides is 2. The molecule has 1 aliphatic rings. The number of anilines is 1. The summed E-state index contributed by atoms with van der Waals surface area (Å²) in [6.07, 6.45) is 2.59. The minimum Gasteiger partial charge on any atom is -0.494 e. The second kappa shape index (κ2) is 9.15. The highest BCUT2D eigenvalue weighted by Gasteiger charge is 2.19. The monoisotopic (exact) mass is 320 g/mol. The average molecular weight is 320 g/mol. The van der Waals surface area contributed by atoms with E-state index in [1.54, 1.807) is 0 Å². The number of rotatable bonds is 9. The fourth-order valence-electron chi connectivity index (χ4n) is 2.61. The van der Waals surface area contributed by atoms with Crippen LogP contribution in [-0.2, 0) is 9.59 Å². The molecule has 0 aliphatic carbocycles. The van der Waals surface area contributed by atoms with E-state index in [-0.39, 0.29) is 11.8 Å². The van der Waals surface area contributed by atoms with Crippen LogP contribution in [0.1, 0.15) is 26.2 Å². The Morgan fingerprint density at radius 1 is 1.35 bits per heavy atom. The molecule has 1 heterocycles. The first kappa shape index (κ1) is 17.3. The zero-order valence-electron chi connectivity index (χ0n) is 13.7. The number of nitrogens with zero attached hydrogens (tertiary/aromatic N) is 1. The van der Waals surface area contributed by atoms with Gasteiger partial charge in [0.15, 0.2) is 6.54 Å². The third-order valence-corrected chi connectivity index (χ3v) is 3.79. The lowest BCUT2D eigenvalue weighted by Crippen LogP contribution is -2.86. The molecule has 0 atom stereocenters. The molecule has 0 unspecified atom stereocenters. The van der Waals surface area contributed by atoms with Crippen molar-refractivity contribution in [3.63, 3.8) is 0 Å². The molecule has 3 N–H and O–H groups in total. The number of carbonyl (C=O) groups is 2. The highest BCUT2D eigenvalue weighted by Crippen LogP contribution is 2.15. The number of nitrogens with one attached hydrogen (secondary N) is 1. The standard InChI is InChI=1S/C17H25N3O3/c1-2-23-15-8-6-14(7-9-15)19-16(21)13-18-10-4-12-20-11-3-5-17(20)22/h6-9,18H,2-5,10-13H2,1H3,(H,19,21)/p+1. The van der Waals surface area contributed by atoms with Crippen LogP contribution < -0.4 is 15.4 Å². The van der Waals surface area contributed by atoms with Gasteiger partial charge in [-0.2, -0.15) is 0 Å². The zero-order valence-corrected chi connectivity index (χ0v) is 13.7. The molecule has 1 aromatic carbocycles. The molecule has 23 heavy (non-hydrogen) atoms. The molecule has 0 bridgehead atoms. The van der Waals surface area contributed by atoms with Crippen molar-refractivity contribution in [2.45, 2.75) is 26.2 Å². The van der Waals surface area contributed by atoms with Gasteiger partial charge in [0.1, 0.15) is 5.75 Å². The Morgan fingerprint density at radius 2 is 2.13 bits per heavy atom. The van der Waals surface area contributed by atoms with Crippen molar-refractivity contribution < 1.29 is 19.6 Å². The molecule has 0 radical (unpaired) electrons. The topological polar surface area (TPSA) is 75.2 Å². The van der Waals surface area contributed by atoms with E-state index in [1.165, 1.54) is 0 Å². The number of likely N-dealkylation sites (tertiary alicyclic amines) is 1. The van der Waals surface area contributed by atoms with E-state index in [0.29, 0.717) is 19.6 Å². The first-order chi connectivity index (χ1) is 11.2. The number of quaternary nitrogens is 1. The number of nitrogens with two attached hydrogens (primary N) is 1. The number of hydrogen-bond acceptors (Lipinski definition) is 3. The Hall–Kier alpha value is -2.08. The summed E-state index contributed by atoms with van der Waals surface area (Å²) in [6, 6.07) is 7.36. The van der Waals surface area contributed by atoms with Crippen molar-refractivity contribution in [2.75, 3.05) is 38.1 Å². The van der Waals surface area contributed by atoms with Crippen LogP contribution in [0.15, 0.2) is 24.3 Å². The van der Waals surface area contributed by atoms with Gasteiger partial charge in [-0.25, -0.2) is 0 Å². The SMILES string of the molecule is CCOc1ccc(NC(=O)C[NH2+]CCCN2CCCC2=O)cc1. The number of benzene rings is 1. The second-order valence-electron chi connectivity index (χ2n) is 5.62. The van der Waals surface area contributed by atoms with Gasteiger partial charge in [-0.05, 0) is 37.6 Å². The molecular weight excluding hydrogens is 294 g/mol. The molecule has 2 amide bonds. The molecule has 1 aliphatic heterocycles. The van der Waals surface area contributed by atoms with E-state index in [0.717, 1.165) is 43.9 Å². The van der Waals surface area contributed by atoms with Gasteiger partial charge in [0, 0.05) is 31.6 Å². The smallest absolute Gasteiger partial charge is 0.279 e. The quantitative estimate of drug-likeness (QED) is 0.654. The average Bonchev–Trinajstić information content (AvgIpc) is 2.94. The lowest BCUT2D eigenvalue weighted by molar-refractivity contribution is -0.643. The third-order valence-electron chi connectivity index (χ3n) is 3.79. The number of ether oxygens (including phenoxy) is 1. The summed E-state index contributed by atoms with van der Waals surface area (Å²) in [5, 5.41) is 4.84. The Morgan fingerprint density at radius 3 is 2.78 bits per heavy atom. The number of hydrogen-bond donors (Lipinski definition) is 2. The van der Waals surface area contributed by atoms with Crippen LogP contribution in [0.2, 0.25) is 0 Å². The molecule has 6 heteroatoms. The van der Waals surface area contributed by atoms with Crippen molar-refractivity contribution in [1.82, 2.24) is 4.90 Å². The minimum atomic E-state index is -0.0218.